The predicted octanol–water partition coefficient (Wildman–Crippen LogP) is 0.664. The molecule has 90 valence electrons. The molecule has 0 radical (unpaired) electrons. The minimum absolute atomic E-state index is 0. The van der Waals surface area contributed by atoms with Crippen LogP contribution in [0.15, 0.2) is 4.52 Å². The molecule has 0 bridgehead atoms. The van der Waals surface area contributed by atoms with E-state index in [0.29, 0.717) is 11.8 Å². The van der Waals surface area contributed by atoms with Gasteiger partial charge in [-0.05, 0) is 12.8 Å². The van der Waals surface area contributed by atoms with Crippen molar-refractivity contribution in [3.05, 3.63) is 11.7 Å². The van der Waals surface area contributed by atoms with Crippen LogP contribution in [0.3, 0.4) is 0 Å². The highest BCUT2D eigenvalue weighted by molar-refractivity contribution is 5.85. The Kier molecular flexibility index (Phi) is 3.47. The lowest BCUT2D eigenvalue weighted by atomic mass is 9.97. The number of nitrogens with one attached hydrogen (secondary N) is 1. The molecule has 2 aliphatic rings. The SMILES string of the molecule is Cl.OC[C@@H]1CNC[C@H]1c1nc(C2CC2)no1. The fourth-order valence-electron chi connectivity index (χ4n) is 2.12. The quantitative estimate of drug-likeness (QED) is 0.819. The smallest absolute Gasteiger partial charge is 0.231 e. The summed E-state index contributed by atoms with van der Waals surface area (Å²) in [4.78, 5) is 4.42. The first-order valence-corrected chi connectivity index (χ1v) is 5.53. The summed E-state index contributed by atoms with van der Waals surface area (Å²) in [5.41, 5.74) is 0. The molecule has 1 aliphatic heterocycles. The van der Waals surface area contributed by atoms with Gasteiger partial charge in [0.15, 0.2) is 5.82 Å². The van der Waals surface area contributed by atoms with E-state index < -0.39 is 0 Å². The topological polar surface area (TPSA) is 71.2 Å². The molecule has 2 heterocycles. The third-order valence-electron chi connectivity index (χ3n) is 3.29. The Morgan fingerprint density at radius 2 is 2.19 bits per heavy atom. The maximum Gasteiger partial charge on any atom is 0.231 e. The molecule has 0 spiro atoms. The van der Waals surface area contributed by atoms with Gasteiger partial charge in [0.2, 0.25) is 5.89 Å². The molecule has 0 amide bonds. The average Bonchev–Trinajstić information content (AvgIpc) is 2.83. The second-order valence-electron chi connectivity index (χ2n) is 4.47. The van der Waals surface area contributed by atoms with Gasteiger partial charge >= 0.3 is 0 Å². The number of hydrogen-bond acceptors (Lipinski definition) is 5. The number of hydrogen-bond donors (Lipinski definition) is 2. The molecule has 1 saturated heterocycles. The minimum atomic E-state index is 0. The Hall–Kier alpha value is -0.650. The Labute approximate surface area is 100 Å². The van der Waals surface area contributed by atoms with Crippen molar-refractivity contribution in [2.45, 2.75) is 24.7 Å². The standard InChI is InChI=1S/C10H15N3O2.ClH/c14-5-7-3-11-4-8(7)10-12-9(13-15-10)6-1-2-6;/h6-8,11,14H,1-5H2;1H/t7-,8+;/m0./s1. The van der Waals surface area contributed by atoms with Gasteiger partial charge in [0, 0.05) is 31.5 Å². The number of nitrogens with zero attached hydrogens (tertiary/aromatic N) is 2. The lowest BCUT2D eigenvalue weighted by Gasteiger charge is -2.10. The number of aromatic nitrogens is 2. The van der Waals surface area contributed by atoms with Crippen LogP contribution in [0.5, 0.6) is 0 Å². The summed E-state index contributed by atoms with van der Waals surface area (Å²) in [6, 6.07) is 0. The van der Waals surface area contributed by atoms with Gasteiger partial charge in [-0.1, -0.05) is 5.16 Å². The average molecular weight is 246 g/mol. The fraction of sp³-hybridized carbons (Fsp3) is 0.800. The summed E-state index contributed by atoms with van der Waals surface area (Å²) in [6.07, 6.45) is 2.37. The van der Waals surface area contributed by atoms with E-state index in [9.17, 15) is 5.11 Å². The molecule has 1 aromatic rings. The molecule has 5 nitrogen and oxygen atoms in total. The Morgan fingerprint density at radius 3 is 2.88 bits per heavy atom. The van der Waals surface area contributed by atoms with E-state index in [1.165, 1.54) is 12.8 Å². The maximum absolute atomic E-state index is 9.20. The van der Waals surface area contributed by atoms with Gasteiger partial charge in [-0.25, -0.2) is 0 Å². The third kappa shape index (κ3) is 2.07. The van der Waals surface area contributed by atoms with Gasteiger partial charge in [-0.2, -0.15) is 4.98 Å². The predicted molar refractivity (Wildman–Crippen MR) is 59.7 cm³/mol. The van der Waals surface area contributed by atoms with Crippen LogP contribution in [0.25, 0.3) is 0 Å². The van der Waals surface area contributed by atoms with Crippen molar-refractivity contribution in [2.24, 2.45) is 5.92 Å². The van der Waals surface area contributed by atoms with Crippen LogP contribution in [0.2, 0.25) is 0 Å². The van der Waals surface area contributed by atoms with Gasteiger partial charge in [0.1, 0.15) is 0 Å². The highest BCUT2D eigenvalue weighted by Gasteiger charge is 2.34. The third-order valence-corrected chi connectivity index (χ3v) is 3.29. The lowest BCUT2D eigenvalue weighted by Crippen LogP contribution is -2.15. The zero-order valence-corrected chi connectivity index (χ0v) is 9.74. The number of rotatable bonds is 3. The first kappa shape index (κ1) is 11.8. The molecule has 2 fully saturated rings. The molecule has 16 heavy (non-hydrogen) atoms. The van der Waals surface area contributed by atoms with Crippen LogP contribution < -0.4 is 5.32 Å². The van der Waals surface area contributed by atoms with Gasteiger partial charge < -0.3 is 14.9 Å². The van der Waals surface area contributed by atoms with Crippen molar-refractivity contribution in [3.8, 4) is 0 Å². The molecule has 1 aromatic heterocycles. The zero-order chi connectivity index (χ0) is 10.3. The maximum atomic E-state index is 9.20. The van der Waals surface area contributed by atoms with Crippen molar-refractivity contribution < 1.29 is 9.63 Å². The van der Waals surface area contributed by atoms with Crippen LogP contribution >= 0.6 is 12.4 Å². The lowest BCUT2D eigenvalue weighted by molar-refractivity contribution is 0.211. The van der Waals surface area contributed by atoms with Gasteiger partial charge in [-0.15, -0.1) is 12.4 Å². The van der Waals surface area contributed by atoms with Crippen molar-refractivity contribution in [1.82, 2.24) is 15.5 Å². The Balaban J connectivity index is 0.000000963. The fourth-order valence-corrected chi connectivity index (χ4v) is 2.12. The number of aliphatic hydroxyl groups is 1. The van der Waals surface area contributed by atoms with E-state index in [4.69, 9.17) is 4.52 Å². The van der Waals surface area contributed by atoms with Gasteiger partial charge in [-0.3, -0.25) is 0 Å². The largest absolute Gasteiger partial charge is 0.396 e. The van der Waals surface area contributed by atoms with E-state index >= 15 is 0 Å². The monoisotopic (exact) mass is 245 g/mol. The van der Waals surface area contributed by atoms with E-state index in [1.54, 1.807) is 0 Å². The molecule has 2 N–H and O–H groups in total. The second kappa shape index (κ2) is 4.69. The van der Waals surface area contributed by atoms with Gasteiger partial charge in [0.25, 0.3) is 0 Å². The van der Waals surface area contributed by atoms with E-state index in [0.717, 1.165) is 18.9 Å². The Bertz CT molecular complexity index is 354. The zero-order valence-electron chi connectivity index (χ0n) is 8.93. The van der Waals surface area contributed by atoms with Crippen LogP contribution in [0, 0.1) is 5.92 Å². The summed E-state index contributed by atoms with van der Waals surface area (Å²) >= 11 is 0. The molecule has 0 unspecified atom stereocenters. The van der Waals surface area contributed by atoms with Crippen LogP contribution in [-0.2, 0) is 0 Å². The first-order chi connectivity index (χ1) is 7.38. The van der Waals surface area contributed by atoms with Crippen molar-refractivity contribution in [2.75, 3.05) is 19.7 Å². The van der Waals surface area contributed by atoms with E-state index in [2.05, 4.69) is 15.5 Å². The molecule has 1 aliphatic carbocycles. The molecule has 2 atom stereocenters. The van der Waals surface area contributed by atoms with Crippen LogP contribution in [-0.4, -0.2) is 34.9 Å². The number of aliphatic hydroxyl groups excluding tert-OH is 1. The Morgan fingerprint density at radius 1 is 1.38 bits per heavy atom. The summed E-state index contributed by atoms with van der Waals surface area (Å²) in [5.74, 6) is 2.49. The molecule has 0 aromatic carbocycles. The van der Waals surface area contributed by atoms with Crippen LogP contribution in [0.4, 0.5) is 0 Å². The molecular formula is C10H16ClN3O2. The summed E-state index contributed by atoms with van der Waals surface area (Å²) in [5, 5.41) is 16.4. The molecule has 3 rings (SSSR count). The van der Waals surface area contributed by atoms with Crippen molar-refractivity contribution in [3.63, 3.8) is 0 Å². The number of halogens is 1. The molecular weight excluding hydrogens is 230 g/mol. The normalized spacial score (nSPS) is 29.1. The minimum Gasteiger partial charge on any atom is -0.396 e. The summed E-state index contributed by atoms with van der Waals surface area (Å²) in [7, 11) is 0. The summed E-state index contributed by atoms with van der Waals surface area (Å²) in [6.45, 7) is 1.85. The van der Waals surface area contributed by atoms with E-state index in [-0.39, 0.29) is 30.8 Å². The highest BCUT2D eigenvalue weighted by atomic mass is 35.5. The highest BCUT2D eigenvalue weighted by Crippen LogP contribution is 2.39. The van der Waals surface area contributed by atoms with Crippen molar-refractivity contribution in [1.29, 1.82) is 0 Å². The summed E-state index contributed by atoms with van der Waals surface area (Å²) < 4.78 is 5.27. The van der Waals surface area contributed by atoms with Crippen molar-refractivity contribution >= 4 is 12.4 Å². The second-order valence-corrected chi connectivity index (χ2v) is 4.47. The molecule has 6 heteroatoms. The molecule has 1 saturated carbocycles. The van der Waals surface area contributed by atoms with E-state index in [1.807, 2.05) is 0 Å². The van der Waals surface area contributed by atoms with Crippen LogP contribution in [0.1, 0.15) is 36.4 Å². The first-order valence-electron chi connectivity index (χ1n) is 5.53. The van der Waals surface area contributed by atoms with Gasteiger partial charge in [0.05, 0.1) is 5.92 Å².